The number of benzene rings is 1. The largest absolute Gasteiger partial charge is 0.388 e. The van der Waals surface area contributed by atoms with Gasteiger partial charge in [-0.15, -0.1) is 11.3 Å². The Morgan fingerprint density at radius 3 is 2.55 bits per heavy atom. The van der Waals surface area contributed by atoms with E-state index in [1.807, 2.05) is 22.2 Å². The summed E-state index contributed by atoms with van der Waals surface area (Å²) in [6.45, 7) is 0. The topological polar surface area (TPSA) is 37.5 Å². The fourth-order valence-corrected chi connectivity index (χ4v) is 2.77. The van der Waals surface area contributed by atoms with Crippen LogP contribution in [-0.4, -0.2) is 14.5 Å². The van der Waals surface area contributed by atoms with Gasteiger partial charge in [0.15, 0.2) is 4.96 Å². The summed E-state index contributed by atoms with van der Waals surface area (Å²) in [7, 11) is 0. The second-order valence-electron chi connectivity index (χ2n) is 4.51. The lowest BCUT2D eigenvalue weighted by molar-refractivity contribution is 0.151. The summed E-state index contributed by atoms with van der Waals surface area (Å²) in [4.78, 5) is 5.26. The van der Waals surface area contributed by atoms with Crippen molar-refractivity contribution in [1.82, 2.24) is 9.38 Å². The Hall–Kier alpha value is -1.79. The maximum atomic E-state index is 12.5. The predicted molar refractivity (Wildman–Crippen MR) is 73.1 cm³/mol. The van der Waals surface area contributed by atoms with Crippen LogP contribution in [0.3, 0.4) is 0 Å². The van der Waals surface area contributed by atoms with Crippen LogP contribution in [0.25, 0.3) is 4.96 Å². The van der Waals surface area contributed by atoms with E-state index in [1.165, 1.54) is 35.6 Å². The smallest absolute Gasteiger partial charge is 0.263 e. The number of aliphatic hydroxyl groups is 1. The fourth-order valence-electron chi connectivity index (χ4n) is 2.05. The SMILES string of the molecule is OC(Cc1cn2ccsc2n1)c1ccc(C(F)F)cc1. The zero-order valence-corrected chi connectivity index (χ0v) is 11.2. The van der Waals surface area contributed by atoms with Crippen LogP contribution in [0.4, 0.5) is 8.78 Å². The van der Waals surface area contributed by atoms with E-state index in [0.29, 0.717) is 12.0 Å². The van der Waals surface area contributed by atoms with Crippen LogP contribution in [-0.2, 0) is 6.42 Å². The van der Waals surface area contributed by atoms with Gasteiger partial charge in [0.25, 0.3) is 6.43 Å². The molecule has 0 aliphatic heterocycles. The molecule has 1 atom stereocenters. The van der Waals surface area contributed by atoms with E-state index < -0.39 is 12.5 Å². The Morgan fingerprint density at radius 2 is 1.90 bits per heavy atom. The third-order valence-electron chi connectivity index (χ3n) is 3.12. The van der Waals surface area contributed by atoms with Crippen molar-refractivity contribution >= 4 is 16.3 Å². The standard InChI is InChI=1S/C14H12F2N2OS/c15-13(16)10-3-1-9(2-4-10)12(19)7-11-8-18-5-6-20-14(18)17-11/h1-6,8,12-13,19H,7H2. The summed E-state index contributed by atoms with van der Waals surface area (Å²) in [5.74, 6) is 0. The highest BCUT2D eigenvalue weighted by Gasteiger charge is 2.13. The molecule has 3 rings (SSSR count). The number of thiazole rings is 1. The molecule has 2 aromatic heterocycles. The molecular formula is C14H12F2N2OS. The van der Waals surface area contributed by atoms with Crippen molar-refractivity contribution in [3.63, 3.8) is 0 Å². The second-order valence-corrected chi connectivity index (χ2v) is 5.39. The minimum Gasteiger partial charge on any atom is -0.388 e. The molecule has 3 nitrogen and oxygen atoms in total. The first-order valence-corrected chi connectivity index (χ1v) is 6.98. The van der Waals surface area contributed by atoms with E-state index >= 15 is 0 Å². The van der Waals surface area contributed by atoms with E-state index in [2.05, 4.69) is 4.98 Å². The second kappa shape index (κ2) is 5.30. The Morgan fingerprint density at radius 1 is 1.20 bits per heavy atom. The zero-order chi connectivity index (χ0) is 14.1. The molecule has 0 aliphatic carbocycles. The number of hydrogen-bond donors (Lipinski definition) is 1. The highest BCUT2D eigenvalue weighted by atomic mass is 32.1. The summed E-state index contributed by atoms with van der Waals surface area (Å²) in [6.07, 6.45) is 0.901. The van der Waals surface area contributed by atoms with Gasteiger partial charge in [0.2, 0.25) is 0 Å². The van der Waals surface area contributed by atoms with Gasteiger partial charge in [-0.25, -0.2) is 13.8 Å². The Labute approximate surface area is 118 Å². The maximum absolute atomic E-state index is 12.5. The van der Waals surface area contributed by atoms with Gasteiger partial charge in [-0.2, -0.15) is 0 Å². The summed E-state index contributed by atoms with van der Waals surface area (Å²) in [6, 6.07) is 5.75. The number of aromatic nitrogens is 2. The first-order chi connectivity index (χ1) is 9.63. The molecule has 1 N–H and O–H groups in total. The quantitative estimate of drug-likeness (QED) is 0.798. The molecule has 1 unspecified atom stereocenters. The number of rotatable bonds is 4. The number of alkyl halides is 2. The highest BCUT2D eigenvalue weighted by molar-refractivity contribution is 7.15. The van der Waals surface area contributed by atoms with E-state index in [4.69, 9.17) is 0 Å². The lowest BCUT2D eigenvalue weighted by Gasteiger charge is -2.10. The molecule has 0 bridgehead atoms. The van der Waals surface area contributed by atoms with E-state index in [9.17, 15) is 13.9 Å². The predicted octanol–water partition coefficient (Wildman–Crippen LogP) is 3.61. The summed E-state index contributed by atoms with van der Waals surface area (Å²) in [5.41, 5.74) is 1.36. The van der Waals surface area contributed by atoms with Gasteiger partial charge >= 0.3 is 0 Å². The van der Waals surface area contributed by atoms with Crippen LogP contribution in [0.5, 0.6) is 0 Å². The van der Waals surface area contributed by atoms with Crippen LogP contribution in [0.2, 0.25) is 0 Å². The van der Waals surface area contributed by atoms with E-state index in [1.54, 1.807) is 0 Å². The maximum Gasteiger partial charge on any atom is 0.263 e. The minimum absolute atomic E-state index is 0.0385. The van der Waals surface area contributed by atoms with E-state index in [0.717, 1.165) is 10.7 Å². The minimum atomic E-state index is -2.49. The van der Waals surface area contributed by atoms with E-state index in [-0.39, 0.29) is 5.56 Å². The number of aliphatic hydroxyl groups excluding tert-OH is 1. The number of fused-ring (bicyclic) bond motifs is 1. The number of halogens is 2. The average molecular weight is 294 g/mol. The summed E-state index contributed by atoms with van der Waals surface area (Å²) >= 11 is 1.52. The van der Waals surface area contributed by atoms with Gasteiger partial charge in [0.1, 0.15) is 0 Å². The molecule has 0 saturated heterocycles. The van der Waals surface area contributed by atoms with Gasteiger partial charge in [-0.05, 0) is 5.56 Å². The molecule has 1 aromatic carbocycles. The Bertz CT molecular complexity index is 677. The lowest BCUT2D eigenvalue weighted by atomic mass is 10.0. The van der Waals surface area contributed by atoms with Gasteiger partial charge in [0, 0.05) is 29.8 Å². The molecule has 104 valence electrons. The normalized spacial score (nSPS) is 13.2. The molecule has 0 saturated carbocycles. The van der Waals surface area contributed by atoms with Crippen molar-refractivity contribution in [2.75, 3.05) is 0 Å². The van der Waals surface area contributed by atoms with Crippen LogP contribution >= 0.6 is 11.3 Å². The van der Waals surface area contributed by atoms with Crippen molar-refractivity contribution in [3.05, 3.63) is 58.9 Å². The van der Waals surface area contributed by atoms with Crippen molar-refractivity contribution < 1.29 is 13.9 Å². The number of nitrogens with zero attached hydrogens (tertiary/aromatic N) is 2. The van der Waals surface area contributed by atoms with Crippen molar-refractivity contribution in [2.45, 2.75) is 19.0 Å². The van der Waals surface area contributed by atoms with Crippen LogP contribution < -0.4 is 0 Å². The molecule has 2 heterocycles. The average Bonchev–Trinajstić information content (AvgIpc) is 2.99. The molecule has 0 radical (unpaired) electrons. The Balaban J connectivity index is 1.75. The summed E-state index contributed by atoms with van der Waals surface area (Å²) < 4.78 is 26.8. The van der Waals surface area contributed by atoms with Gasteiger partial charge < -0.3 is 5.11 Å². The summed E-state index contributed by atoms with van der Waals surface area (Å²) in [5, 5.41) is 12.1. The lowest BCUT2D eigenvalue weighted by Crippen LogP contribution is -2.02. The third-order valence-corrected chi connectivity index (χ3v) is 3.89. The first-order valence-electron chi connectivity index (χ1n) is 6.10. The molecular weight excluding hydrogens is 282 g/mol. The molecule has 3 aromatic rings. The van der Waals surface area contributed by atoms with Crippen LogP contribution in [0.15, 0.2) is 42.0 Å². The van der Waals surface area contributed by atoms with Gasteiger partial charge in [0.05, 0.1) is 11.8 Å². The number of hydrogen-bond acceptors (Lipinski definition) is 3. The molecule has 20 heavy (non-hydrogen) atoms. The van der Waals surface area contributed by atoms with Crippen molar-refractivity contribution in [1.29, 1.82) is 0 Å². The van der Waals surface area contributed by atoms with Crippen LogP contribution in [0, 0.1) is 0 Å². The van der Waals surface area contributed by atoms with Crippen molar-refractivity contribution in [2.24, 2.45) is 0 Å². The molecule has 0 aliphatic rings. The Kier molecular flexibility index (Phi) is 3.50. The van der Waals surface area contributed by atoms with Crippen molar-refractivity contribution in [3.8, 4) is 0 Å². The fraction of sp³-hybridized carbons (Fsp3) is 0.214. The highest BCUT2D eigenvalue weighted by Crippen LogP contribution is 2.23. The molecule has 0 spiro atoms. The first kappa shape index (κ1) is 13.2. The zero-order valence-electron chi connectivity index (χ0n) is 10.4. The molecule has 0 amide bonds. The number of imidazole rings is 1. The van der Waals surface area contributed by atoms with Gasteiger partial charge in [-0.1, -0.05) is 24.3 Å². The van der Waals surface area contributed by atoms with Gasteiger partial charge in [-0.3, -0.25) is 4.40 Å². The molecule has 6 heteroatoms. The third kappa shape index (κ3) is 2.57. The molecule has 0 fully saturated rings. The monoisotopic (exact) mass is 294 g/mol. The van der Waals surface area contributed by atoms with Crippen LogP contribution in [0.1, 0.15) is 29.4 Å².